The average molecular weight is 441 g/mol. The van der Waals surface area contributed by atoms with Gasteiger partial charge in [-0.25, -0.2) is 4.98 Å². The molecule has 1 aliphatic heterocycles. The van der Waals surface area contributed by atoms with Crippen molar-refractivity contribution in [3.63, 3.8) is 0 Å². The minimum atomic E-state index is -0.417. The number of hydrogen-bond donors (Lipinski definition) is 1. The summed E-state index contributed by atoms with van der Waals surface area (Å²) in [4.78, 5) is 52.4. The van der Waals surface area contributed by atoms with Crippen LogP contribution in [-0.4, -0.2) is 44.0 Å². The van der Waals surface area contributed by atoms with Crippen LogP contribution in [0, 0.1) is 6.92 Å². The Morgan fingerprint density at radius 2 is 2.00 bits per heavy atom. The van der Waals surface area contributed by atoms with Gasteiger partial charge in [-0.15, -0.1) is 0 Å². The number of nitrogens with one attached hydrogen (secondary N) is 1. The van der Waals surface area contributed by atoms with E-state index in [0.29, 0.717) is 31.6 Å². The van der Waals surface area contributed by atoms with E-state index >= 15 is 0 Å². The first kappa shape index (κ1) is 20.9. The molecule has 0 saturated carbocycles. The fourth-order valence-corrected chi connectivity index (χ4v) is 4.72. The van der Waals surface area contributed by atoms with Crippen molar-refractivity contribution in [1.29, 1.82) is 0 Å². The number of pyridine rings is 1. The first-order valence-electron chi connectivity index (χ1n) is 10.9. The lowest BCUT2D eigenvalue weighted by molar-refractivity contribution is -0.133. The highest BCUT2D eigenvalue weighted by molar-refractivity contribution is 6.06. The molecule has 5 rings (SSSR count). The van der Waals surface area contributed by atoms with Gasteiger partial charge in [0, 0.05) is 55.9 Å². The number of nitrogens with zero attached hydrogens (tertiary/aromatic N) is 4. The molecule has 3 heterocycles. The Balaban J connectivity index is 1.33. The van der Waals surface area contributed by atoms with Crippen LogP contribution in [0.2, 0.25) is 0 Å². The minimum absolute atomic E-state index is 0.0166. The van der Waals surface area contributed by atoms with Gasteiger partial charge in [-0.1, -0.05) is 24.3 Å². The van der Waals surface area contributed by atoms with E-state index in [-0.39, 0.29) is 29.7 Å². The molecule has 1 aromatic carbocycles. The zero-order valence-corrected chi connectivity index (χ0v) is 18.2. The maximum Gasteiger partial charge on any atom is 0.271 e. The van der Waals surface area contributed by atoms with Crippen LogP contribution in [0.25, 0.3) is 0 Å². The van der Waals surface area contributed by atoms with Gasteiger partial charge in [0.2, 0.25) is 5.91 Å². The molecule has 2 aliphatic rings. The number of benzene rings is 1. The van der Waals surface area contributed by atoms with E-state index < -0.39 is 5.92 Å². The number of aryl methyl sites for hydroxylation is 1. The van der Waals surface area contributed by atoms with E-state index in [2.05, 4.69) is 20.3 Å². The maximum atomic E-state index is 13.3. The quantitative estimate of drug-likeness (QED) is 0.666. The molecule has 1 aliphatic carbocycles. The van der Waals surface area contributed by atoms with Gasteiger partial charge in [0.15, 0.2) is 5.78 Å². The number of ketones is 1. The molecule has 1 N–H and O–H groups in total. The third-order valence-corrected chi connectivity index (χ3v) is 6.45. The van der Waals surface area contributed by atoms with Gasteiger partial charge in [0.05, 0.1) is 12.1 Å². The van der Waals surface area contributed by atoms with E-state index in [4.69, 9.17) is 0 Å². The molecule has 0 radical (unpaired) electrons. The number of amides is 2. The molecular weight excluding hydrogens is 418 g/mol. The van der Waals surface area contributed by atoms with Crippen LogP contribution in [0.3, 0.4) is 0 Å². The number of hydrogen-bond acceptors (Lipinski definition) is 6. The van der Waals surface area contributed by atoms with Crippen LogP contribution in [-0.2, 0) is 24.3 Å². The van der Waals surface area contributed by atoms with Crippen molar-refractivity contribution in [3.8, 4) is 0 Å². The van der Waals surface area contributed by atoms with E-state index in [1.807, 2.05) is 36.2 Å². The zero-order chi connectivity index (χ0) is 22.9. The van der Waals surface area contributed by atoms with Gasteiger partial charge in [-0.3, -0.25) is 24.4 Å². The standard InChI is InChI=1S/C25H23N5O3/c1-15-21(12-29-24(32)22-13-26-7-8-27-22)17-6-9-30(14-16(17)11-28-15)25(33)20-10-23(31)19-5-3-2-4-18(19)20/h2-5,7-8,11,13,20H,6,9-10,12,14H2,1H3,(H,29,32). The molecule has 8 heteroatoms. The summed E-state index contributed by atoms with van der Waals surface area (Å²) in [6, 6.07) is 7.38. The molecule has 0 saturated heterocycles. The van der Waals surface area contributed by atoms with Gasteiger partial charge in [0.25, 0.3) is 5.91 Å². The number of fused-ring (bicyclic) bond motifs is 2. The lowest BCUT2D eigenvalue weighted by Crippen LogP contribution is -2.39. The van der Waals surface area contributed by atoms with Crippen LogP contribution in [0.4, 0.5) is 0 Å². The lowest BCUT2D eigenvalue weighted by Gasteiger charge is -2.32. The van der Waals surface area contributed by atoms with Crippen molar-refractivity contribution in [2.24, 2.45) is 0 Å². The SMILES string of the molecule is Cc1ncc2c(c1CNC(=O)c1cnccn1)CCN(C(=O)C1CC(=O)c3ccccc31)C2. The highest BCUT2D eigenvalue weighted by atomic mass is 16.2. The highest BCUT2D eigenvalue weighted by Crippen LogP contribution is 2.35. The Morgan fingerprint density at radius 1 is 1.15 bits per heavy atom. The normalized spacial score (nSPS) is 16.8. The summed E-state index contributed by atoms with van der Waals surface area (Å²) >= 11 is 0. The first-order chi connectivity index (χ1) is 16.0. The topological polar surface area (TPSA) is 105 Å². The Hall–Kier alpha value is -3.94. The molecule has 0 fully saturated rings. The average Bonchev–Trinajstić information content (AvgIpc) is 3.19. The summed E-state index contributed by atoms with van der Waals surface area (Å²) in [5.74, 6) is -0.700. The number of Topliss-reactive ketones (excluding diaryl/α,β-unsaturated/α-hetero) is 1. The largest absolute Gasteiger partial charge is 0.346 e. The Morgan fingerprint density at radius 3 is 2.82 bits per heavy atom. The summed E-state index contributed by atoms with van der Waals surface area (Å²) in [5, 5.41) is 2.90. The second-order valence-corrected chi connectivity index (χ2v) is 8.38. The monoisotopic (exact) mass is 441 g/mol. The summed E-state index contributed by atoms with van der Waals surface area (Å²) in [6.45, 7) is 3.26. The fourth-order valence-electron chi connectivity index (χ4n) is 4.72. The van der Waals surface area contributed by atoms with E-state index in [1.54, 1.807) is 6.07 Å². The van der Waals surface area contributed by atoms with Gasteiger partial charge < -0.3 is 10.2 Å². The van der Waals surface area contributed by atoms with Crippen LogP contribution >= 0.6 is 0 Å². The van der Waals surface area contributed by atoms with Crippen molar-refractivity contribution < 1.29 is 14.4 Å². The molecule has 0 spiro atoms. The van der Waals surface area contributed by atoms with Gasteiger partial charge in [-0.2, -0.15) is 0 Å². The van der Waals surface area contributed by atoms with Crippen LogP contribution in [0.5, 0.6) is 0 Å². The van der Waals surface area contributed by atoms with Gasteiger partial charge in [0.1, 0.15) is 5.69 Å². The Bertz CT molecular complexity index is 1260. The summed E-state index contributed by atoms with van der Waals surface area (Å²) in [5.41, 5.74) is 5.66. The lowest BCUT2D eigenvalue weighted by atomic mass is 9.93. The third-order valence-electron chi connectivity index (χ3n) is 6.45. The van der Waals surface area contributed by atoms with E-state index in [9.17, 15) is 14.4 Å². The molecule has 2 amide bonds. The maximum absolute atomic E-state index is 13.3. The minimum Gasteiger partial charge on any atom is -0.346 e. The van der Waals surface area contributed by atoms with Crippen LogP contribution < -0.4 is 5.32 Å². The smallest absolute Gasteiger partial charge is 0.271 e. The molecule has 1 unspecified atom stereocenters. The fraction of sp³-hybridized carbons (Fsp3) is 0.280. The van der Waals surface area contributed by atoms with E-state index in [0.717, 1.165) is 27.9 Å². The van der Waals surface area contributed by atoms with Crippen LogP contribution in [0.15, 0.2) is 49.1 Å². The van der Waals surface area contributed by atoms with Crippen LogP contribution in [0.1, 0.15) is 61.1 Å². The molecular formula is C25H23N5O3. The predicted molar refractivity (Wildman–Crippen MR) is 119 cm³/mol. The van der Waals surface area contributed by atoms with Gasteiger partial charge in [-0.05, 0) is 35.6 Å². The molecule has 2 aromatic heterocycles. The summed E-state index contributed by atoms with van der Waals surface area (Å²) < 4.78 is 0. The molecule has 33 heavy (non-hydrogen) atoms. The predicted octanol–water partition coefficient (Wildman–Crippen LogP) is 2.36. The summed E-state index contributed by atoms with van der Waals surface area (Å²) in [6.07, 6.45) is 7.14. The molecule has 8 nitrogen and oxygen atoms in total. The molecule has 3 aromatic rings. The second-order valence-electron chi connectivity index (χ2n) is 8.38. The zero-order valence-electron chi connectivity index (χ0n) is 18.2. The van der Waals surface area contributed by atoms with Crippen molar-refractivity contribution in [3.05, 3.63) is 88.3 Å². The van der Waals surface area contributed by atoms with Crippen molar-refractivity contribution in [2.75, 3.05) is 6.54 Å². The highest BCUT2D eigenvalue weighted by Gasteiger charge is 2.37. The van der Waals surface area contributed by atoms with Crippen molar-refractivity contribution in [2.45, 2.75) is 38.8 Å². The summed E-state index contributed by atoms with van der Waals surface area (Å²) in [7, 11) is 0. The van der Waals surface area contributed by atoms with Crippen molar-refractivity contribution >= 4 is 17.6 Å². The molecule has 166 valence electrons. The number of carbonyl (C=O) groups is 3. The molecule has 0 bridgehead atoms. The number of aromatic nitrogens is 3. The van der Waals surface area contributed by atoms with Crippen molar-refractivity contribution in [1.82, 2.24) is 25.2 Å². The third kappa shape index (κ3) is 3.88. The number of carbonyl (C=O) groups excluding carboxylic acids is 3. The van der Waals surface area contributed by atoms with E-state index in [1.165, 1.54) is 18.6 Å². The Kier molecular flexibility index (Phi) is 5.42. The Labute approximate surface area is 191 Å². The molecule has 1 atom stereocenters. The first-order valence-corrected chi connectivity index (χ1v) is 10.9. The van der Waals surface area contributed by atoms with Gasteiger partial charge >= 0.3 is 0 Å². The number of rotatable bonds is 4. The second kappa shape index (κ2) is 8.54.